The summed E-state index contributed by atoms with van der Waals surface area (Å²) in [5.41, 5.74) is 0.290. The van der Waals surface area contributed by atoms with Gasteiger partial charge in [0.05, 0.1) is 17.5 Å². The van der Waals surface area contributed by atoms with Gasteiger partial charge in [-0.15, -0.1) is 0 Å². The number of carbonyl (C=O) groups excluding carboxylic acids is 1. The van der Waals surface area contributed by atoms with Gasteiger partial charge in [-0.1, -0.05) is 25.8 Å². The molecule has 0 unspecified atom stereocenters. The van der Waals surface area contributed by atoms with Crippen LogP contribution in [0.15, 0.2) is 29.2 Å². The highest BCUT2D eigenvalue weighted by atomic mass is 32.2. The first-order valence-electron chi connectivity index (χ1n) is 8.51. The number of nitrogens with one attached hydrogen (secondary N) is 1. The van der Waals surface area contributed by atoms with Crippen LogP contribution in [0.3, 0.4) is 0 Å². The van der Waals surface area contributed by atoms with Gasteiger partial charge in [-0.2, -0.15) is 4.31 Å². The fraction of sp³-hybridized carbons (Fsp3) is 0.588. The summed E-state index contributed by atoms with van der Waals surface area (Å²) >= 11 is 0. The Bertz CT molecular complexity index is 648. The Kier molecular flexibility index (Phi) is 6.77. The van der Waals surface area contributed by atoms with Crippen LogP contribution in [0.25, 0.3) is 0 Å². The zero-order chi connectivity index (χ0) is 17.6. The van der Waals surface area contributed by atoms with Gasteiger partial charge in [0.25, 0.3) is 5.91 Å². The molecule has 0 spiro atoms. The number of benzene rings is 1. The maximum absolute atomic E-state index is 12.8. The highest BCUT2D eigenvalue weighted by Gasteiger charge is 2.26. The molecule has 2 N–H and O–H groups in total. The summed E-state index contributed by atoms with van der Waals surface area (Å²) in [7, 11) is -3.58. The molecular formula is C17H26N2O4S. The van der Waals surface area contributed by atoms with Crippen LogP contribution in [0.4, 0.5) is 0 Å². The van der Waals surface area contributed by atoms with Crippen LogP contribution in [-0.2, 0) is 10.0 Å². The Morgan fingerprint density at radius 2 is 1.92 bits per heavy atom. The first kappa shape index (κ1) is 18.9. The van der Waals surface area contributed by atoms with Crippen molar-refractivity contribution in [3.63, 3.8) is 0 Å². The molecule has 134 valence electrons. The monoisotopic (exact) mass is 354 g/mol. The van der Waals surface area contributed by atoms with E-state index >= 15 is 0 Å². The average Bonchev–Trinajstić information content (AvgIpc) is 2.89. The first-order valence-corrected chi connectivity index (χ1v) is 9.95. The summed E-state index contributed by atoms with van der Waals surface area (Å²) in [6.07, 6.45) is 4.44. The molecule has 1 fully saturated rings. The summed E-state index contributed by atoms with van der Waals surface area (Å²) in [5.74, 6) is -0.371. The molecule has 1 heterocycles. The van der Waals surface area contributed by atoms with Gasteiger partial charge in [0.15, 0.2) is 0 Å². The fourth-order valence-electron chi connectivity index (χ4n) is 2.77. The van der Waals surface area contributed by atoms with E-state index in [4.69, 9.17) is 0 Å². The van der Waals surface area contributed by atoms with Crippen molar-refractivity contribution >= 4 is 15.9 Å². The summed E-state index contributed by atoms with van der Waals surface area (Å²) in [5, 5.41) is 11.9. The topological polar surface area (TPSA) is 86.7 Å². The molecule has 0 radical (unpaired) electrons. The Morgan fingerprint density at radius 1 is 1.25 bits per heavy atom. The lowest BCUT2D eigenvalue weighted by atomic mass is 10.2. The summed E-state index contributed by atoms with van der Waals surface area (Å²) < 4.78 is 27.1. The van der Waals surface area contributed by atoms with Crippen molar-refractivity contribution in [3.8, 4) is 0 Å². The second-order valence-electron chi connectivity index (χ2n) is 6.11. The Balaban J connectivity index is 2.21. The quantitative estimate of drug-likeness (QED) is 0.815. The molecule has 1 aromatic rings. The van der Waals surface area contributed by atoms with Gasteiger partial charge >= 0.3 is 0 Å². The number of nitrogens with zero attached hydrogens (tertiary/aromatic N) is 1. The van der Waals surface area contributed by atoms with Gasteiger partial charge in [-0.25, -0.2) is 8.42 Å². The molecule has 0 bridgehead atoms. The average molecular weight is 354 g/mol. The fourth-order valence-corrected chi connectivity index (χ4v) is 4.34. The largest absolute Gasteiger partial charge is 0.394 e. The van der Waals surface area contributed by atoms with Gasteiger partial charge in [0, 0.05) is 18.7 Å². The highest BCUT2D eigenvalue weighted by Crippen LogP contribution is 2.21. The molecule has 1 aliphatic rings. The Morgan fingerprint density at radius 3 is 2.50 bits per heavy atom. The lowest BCUT2D eigenvalue weighted by Crippen LogP contribution is -2.37. The van der Waals surface area contributed by atoms with Gasteiger partial charge in [-0.05, 0) is 37.5 Å². The van der Waals surface area contributed by atoms with Crippen molar-refractivity contribution in [1.82, 2.24) is 9.62 Å². The Hall–Kier alpha value is -1.44. The zero-order valence-electron chi connectivity index (χ0n) is 14.1. The van der Waals surface area contributed by atoms with Crippen molar-refractivity contribution in [2.24, 2.45) is 0 Å². The molecule has 1 aromatic carbocycles. The van der Waals surface area contributed by atoms with Crippen LogP contribution in [-0.4, -0.2) is 49.5 Å². The number of rotatable bonds is 6. The van der Waals surface area contributed by atoms with Crippen LogP contribution >= 0.6 is 0 Å². The summed E-state index contributed by atoms with van der Waals surface area (Å²) in [6, 6.07) is 5.78. The molecule has 2 rings (SSSR count). The highest BCUT2D eigenvalue weighted by molar-refractivity contribution is 7.89. The van der Waals surface area contributed by atoms with Crippen LogP contribution < -0.4 is 5.32 Å². The molecule has 6 nitrogen and oxygen atoms in total. The number of sulfonamides is 1. The van der Waals surface area contributed by atoms with Crippen molar-refractivity contribution < 1.29 is 18.3 Å². The lowest BCUT2D eigenvalue weighted by Gasteiger charge is -2.20. The minimum atomic E-state index is -3.58. The number of amides is 1. The van der Waals surface area contributed by atoms with Crippen LogP contribution in [0.2, 0.25) is 0 Å². The molecule has 1 amide bonds. The van der Waals surface area contributed by atoms with Crippen LogP contribution in [0, 0.1) is 0 Å². The second kappa shape index (κ2) is 8.60. The van der Waals surface area contributed by atoms with Crippen LogP contribution in [0.5, 0.6) is 0 Å². The number of carbonyl (C=O) groups is 1. The third kappa shape index (κ3) is 4.55. The third-order valence-electron chi connectivity index (χ3n) is 4.35. The van der Waals surface area contributed by atoms with E-state index < -0.39 is 10.0 Å². The third-order valence-corrected chi connectivity index (χ3v) is 6.24. The minimum absolute atomic E-state index is 0.145. The standard InChI is InChI=1S/C17H26N2O4S/c1-2-15(13-20)18-17(21)14-8-7-9-16(12-14)24(22,23)19-10-5-3-4-6-11-19/h7-9,12,15,20H,2-6,10-11,13H2,1H3,(H,18,21)/t15-/m0/s1. The second-order valence-corrected chi connectivity index (χ2v) is 8.05. The maximum Gasteiger partial charge on any atom is 0.251 e. The van der Waals surface area contributed by atoms with Crippen molar-refractivity contribution in [1.29, 1.82) is 0 Å². The van der Waals surface area contributed by atoms with Gasteiger partial charge in [0.2, 0.25) is 10.0 Å². The number of hydrogen-bond acceptors (Lipinski definition) is 4. The predicted molar refractivity (Wildman–Crippen MR) is 92.3 cm³/mol. The van der Waals surface area contributed by atoms with Gasteiger partial charge < -0.3 is 10.4 Å². The smallest absolute Gasteiger partial charge is 0.251 e. The molecule has 0 aromatic heterocycles. The minimum Gasteiger partial charge on any atom is -0.394 e. The number of aliphatic hydroxyl groups is 1. The first-order chi connectivity index (χ1) is 11.5. The van der Waals surface area contributed by atoms with E-state index in [-0.39, 0.29) is 29.0 Å². The van der Waals surface area contributed by atoms with E-state index in [0.29, 0.717) is 19.5 Å². The van der Waals surface area contributed by atoms with E-state index in [1.807, 2.05) is 6.92 Å². The van der Waals surface area contributed by atoms with Gasteiger partial charge in [-0.3, -0.25) is 4.79 Å². The van der Waals surface area contributed by atoms with E-state index in [1.54, 1.807) is 12.1 Å². The van der Waals surface area contributed by atoms with Crippen LogP contribution in [0.1, 0.15) is 49.4 Å². The van der Waals surface area contributed by atoms with Crippen molar-refractivity contribution in [2.75, 3.05) is 19.7 Å². The molecule has 0 aliphatic carbocycles. The van der Waals surface area contributed by atoms with E-state index in [2.05, 4.69) is 5.32 Å². The van der Waals surface area contributed by atoms with E-state index in [9.17, 15) is 18.3 Å². The lowest BCUT2D eigenvalue weighted by molar-refractivity contribution is 0.0914. The van der Waals surface area contributed by atoms with E-state index in [0.717, 1.165) is 25.7 Å². The molecule has 7 heteroatoms. The molecule has 1 saturated heterocycles. The molecule has 0 saturated carbocycles. The number of aliphatic hydroxyl groups excluding tert-OH is 1. The molecule has 1 aliphatic heterocycles. The van der Waals surface area contributed by atoms with Crippen molar-refractivity contribution in [2.45, 2.75) is 50.0 Å². The zero-order valence-corrected chi connectivity index (χ0v) is 14.9. The van der Waals surface area contributed by atoms with Crippen molar-refractivity contribution in [3.05, 3.63) is 29.8 Å². The summed E-state index contributed by atoms with van der Waals surface area (Å²) in [6.45, 7) is 2.78. The predicted octanol–water partition coefficient (Wildman–Crippen LogP) is 1.75. The maximum atomic E-state index is 12.8. The number of hydrogen-bond donors (Lipinski definition) is 2. The van der Waals surface area contributed by atoms with E-state index in [1.165, 1.54) is 16.4 Å². The molecule has 1 atom stereocenters. The van der Waals surface area contributed by atoms with Gasteiger partial charge in [0.1, 0.15) is 0 Å². The SMILES string of the molecule is CC[C@@H](CO)NC(=O)c1cccc(S(=O)(=O)N2CCCCCC2)c1. The normalized spacial score (nSPS) is 17.9. The molecular weight excluding hydrogens is 328 g/mol. The molecule has 24 heavy (non-hydrogen) atoms. The summed E-state index contributed by atoms with van der Waals surface area (Å²) in [4.78, 5) is 12.4. The Labute approximate surface area is 143 Å².